The van der Waals surface area contributed by atoms with Gasteiger partial charge in [0.2, 0.25) is 11.8 Å². The van der Waals surface area contributed by atoms with Crippen molar-refractivity contribution in [2.24, 2.45) is 11.8 Å². The third-order valence-corrected chi connectivity index (χ3v) is 4.71. The van der Waals surface area contributed by atoms with Crippen LogP contribution in [0.3, 0.4) is 0 Å². The van der Waals surface area contributed by atoms with Crippen LogP contribution in [0.4, 0.5) is 0 Å². The van der Waals surface area contributed by atoms with Gasteiger partial charge in [-0.15, -0.1) is 0 Å². The van der Waals surface area contributed by atoms with Gasteiger partial charge < -0.3 is 5.11 Å². The maximum atomic E-state index is 12.3. The minimum atomic E-state index is -1.07. The van der Waals surface area contributed by atoms with Gasteiger partial charge in [0.05, 0.1) is 11.8 Å². The molecule has 0 unspecified atom stereocenters. The van der Waals surface area contributed by atoms with E-state index in [9.17, 15) is 19.5 Å². The number of hydrogen-bond donors (Lipinski definition) is 1. The van der Waals surface area contributed by atoms with E-state index < -0.39 is 12.0 Å². The van der Waals surface area contributed by atoms with Crippen LogP contribution in [-0.2, 0) is 14.4 Å². The first kappa shape index (κ1) is 14.4. The lowest BCUT2D eigenvalue weighted by Crippen LogP contribution is -2.45. The average molecular weight is 285 g/mol. The maximum absolute atomic E-state index is 12.3. The molecule has 2 amide bonds. The highest BCUT2D eigenvalue weighted by atomic mass is 32.2. The number of carboxylic acid groups (broad SMARTS) is 1. The van der Waals surface area contributed by atoms with Crippen molar-refractivity contribution < 1.29 is 19.5 Å². The monoisotopic (exact) mass is 285 g/mol. The Hall–Kier alpha value is -1.04. The molecular weight excluding hydrogens is 266 g/mol. The van der Waals surface area contributed by atoms with E-state index in [0.29, 0.717) is 12.2 Å². The number of carboxylic acids is 1. The molecule has 6 heteroatoms. The molecule has 0 spiro atoms. The predicted molar refractivity (Wildman–Crippen MR) is 71.7 cm³/mol. The summed E-state index contributed by atoms with van der Waals surface area (Å²) < 4.78 is 0. The number of aliphatic carboxylic acids is 1. The minimum absolute atomic E-state index is 0.261. The molecule has 0 radical (unpaired) electrons. The van der Waals surface area contributed by atoms with Gasteiger partial charge in [0.25, 0.3) is 0 Å². The van der Waals surface area contributed by atoms with E-state index >= 15 is 0 Å². The van der Waals surface area contributed by atoms with Gasteiger partial charge in [-0.25, -0.2) is 4.79 Å². The first-order valence-corrected chi connectivity index (χ1v) is 8.06. The van der Waals surface area contributed by atoms with Crippen molar-refractivity contribution in [2.75, 3.05) is 12.0 Å². The fourth-order valence-corrected chi connectivity index (χ4v) is 3.55. The zero-order valence-electron chi connectivity index (χ0n) is 11.0. The second kappa shape index (κ2) is 5.94. The Labute approximate surface area is 116 Å². The van der Waals surface area contributed by atoms with Gasteiger partial charge in [0.1, 0.15) is 6.04 Å². The summed E-state index contributed by atoms with van der Waals surface area (Å²) in [6.07, 6.45) is 5.56. The zero-order chi connectivity index (χ0) is 14.0. The molecule has 1 N–H and O–H groups in total. The number of hydrogen-bond acceptors (Lipinski definition) is 4. The van der Waals surface area contributed by atoms with Crippen molar-refractivity contribution in [1.82, 2.24) is 4.90 Å². The number of carbonyl (C=O) groups excluding carboxylic acids is 2. The smallest absolute Gasteiger partial charge is 0.326 e. The second-order valence-electron chi connectivity index (χ2n) is 5.18. The number of rotatable bonds is 5. The van der Waals surface area contributed by atoms with E-state index in [4.69, 9.17) is 0 Å². The predicted octanol–water partition coefficient (Wildman–Crippen LogP) is 1.37. The summed E-state index contributed by atoms with van der Waals surface area (Å²) >= 11 is 1.52. The largest absolute Gasteiger partial charge is 0.480 e. The SMILES string of the molecule is CSCC[C@@H](C(=O)O)N1C(=O)[C@H]2CCCC[C@@H]2C1=O. The van der Waals surface area contributed by atoms with E-state index in [0.717, 1.165) is 30.6 Å². The molecular formula is C13H19NO4S. The number of fused-ring (bicyclic) bond motifs is 1. The molecule has 2 aliphatic rings. The standard InChI is InChI=1S/C13H19NO4S/c1-19-7-6-10(13(17)18)14-11(15)8-4-2-3-5-9(8)12(14)16/h8-10H,2-7H2,1H3,(H,17,18)/t8-,9-,10-/m0/s1. The number of imide groups is 1. The maximum Gasteiger partial charge on any atom is 0.326 e. The molecule has 0 aromatic heterocycles. The van der Waals surface area contributed by atoms with Crippen LogP contribution in [0, 0.1) is 11.8 Å². The lowest BCUT2D eigenvalue weighted by molar-refractivity contribution is -0.155. The number of thioether (sulfide) groups is 1. The summed E-state index contributed by atoms with van der Waals surface area (Å²) in [6, 6.07) is -0.988. The molecule has 19 heavy (non-hydrogen) atoms. The molecule has 3 atom stereocenters. The fourth-order valence-electron chi connectivity index (χ4n) is 3.09. The third kappa shape index (κ3) is 2.63. The number of nitrogens with zero attached hydrogens (tertiary/aromatic N) is 1. The summed E-state index contributed by atoms with van der Waals surface area (Å²) in [4.78, 5) is 37.0. The Morgan fingerprint density at radius 3 is 2.26 bits per heavy atom. The molecule has 1 saturated carbocycles. The average Bonchev–Trinajstić information content (AvgIpc) is 2.64. The second-order valence-corrected chi connectivity index (χ2v) is 6.17. The lowest BCUT2D eigenvalue weighted by atomic mass is 9.81. The van der Waals surface area contributed by atoms with Crippen molar-refractivity contribution in [3.05, 3.63) is 0 Å². The quantitative estimate of drug-likeness (QED) is 0.772. The highest BCUT2D eigenvalue weighted by molar-refractivity contribution is 7.98. The Morgan fingerprint density at radius 1 is 1.32 bits per heavy atom. The van der Waals surface area contributed by atoms with E-state index in [-0.39, 0.29) is 23.7 Å². The zero-order valence-corrected chi connectivity index (χ0v) is 11.8. The van der Waals surface area contributed by atoms with Crippen LogP contribution in [0.15, 0.2) is 0 Å². The number of likely N-dealkylation sites (tertiary alicyclic amines) is 1. The van der Waals surface area contributed by atoms with Gasteiger partial charge in [-0.2, -0.15) is 11.8 Å². The molecule has 2 fully saturated rings. The van der Waals surface area contributed by atoms with Crippen LogP contribution in [0.5, 0.6) is 0 Å². The van der Waals surface area contributed by atoms with Gasteiger partial charge >= 0.3 is 5.97 Å². The van der Waals surface area contributed by atoms with E-state index in [1.807, 2.05) is 6.26 Å². The number of carbonyl (C=O) groups is 3. The van der Waals surface area contributed by atoms with Crippen molar-refractivity contribution >= 4 is 29.5 Å². The third-order valence-electron chi connectivity index (χ3n) is 4.07. The highest BCUT2D eigenvalue weighted by Gasteiger charge is 2.51. The van der Waals surface area contributed by atoms with Crippen LogP contribution in [-0.4, -0.2) is 45.8 Å². The molecule has 5 nitrogen and oxygen atoms in total. The molecule has 1 aliphatic heterocycles. The summed E-state index contributed by atoms with van der Waals surface area (Å²) in [5.74, 6) is -1.50. The first-order valence-electron chi connectivity index (χ1n) is 6.66. The minimum Gasteiger partial charge on any atom is -0.480 e. The summed E-state index contributed by atoms with van der Waals surface area (Å²) in [5.41, 5.74) is 0. The van der Waals surface area contributed by atoms with Gasteiger partial charge in [-0.05, 0) is 31.3 Å². The van der Waals surface area contributed by atoms with Crippen molar-refractivity contribution in [2.45, 2.75) is 38.1 Å². The fraction of sp³-hybridized carbons (Fsp3) is 0.769. The van der Waals surface area contributed by atoms with E-state index in [1.165, 1.54) is 11.8 Å². The summed E-state index contributed by atoms with van der Waals surface area (Å²) in [5, 5.41) is 9.27. The molecule has 0 bridgehead atoms. The van der Waals surface area contributed by atoms with E-state index in [1.54, 1.807) is 0 Å². The molecule has 1 heterocycles. The molecule has 106 valence electrons. The Morgan fingerprint density at radius 2 is 1.84 bits per heavy atom. The molecule has 2 rings (SSSR count). The van der Waals surface area contributed by atoms with Crippen LogP contribution in [0.25, 0.3) is 0 Å². The van der Waals surface area contributed by atoms with Crippen LogP contribution >= 0.6 is 11.8 Å². The highest BCUT2D eigenvalue weighted by Crippen LogP contribution is 2.39. The van der Waals surface area contributed by atoms with Crippen LogP contribution in [0.1, 0.15) is 32.1 Å². The van der Waals surface area contributed by atoms with Gasteiger partial charge in [0.15, 0.2) is 0 Å². The Bertz CT molecular complexity index is 374. The Kier molecular flexibility index (Phi) is 4.50. The topological polar surface area (TPSA) is 74.7 Å². The van der Waals surface area contributed by atoms with Gasteiger partial charge in [0, 0.05) is 0 Å². The normalized spacial score (nSPS) is 28.4. The Balaban J connectivity index is 2.19. The van der Waals surface area contributed by atoms with Crippen LogP contribution < -0.4 is 0 Å². The van der Waals surface area contributed by atoms with Gasteiger partial charge in [-0.3, -0.25) is 14.5 Å². The van der Waals surface area contributed by atoms with Gasteiger partial charge in [-0.1, -0.05) is 12.8 Å². The van der Waals surface area contributed by atoms with Crippen molar-refractivity contribution in [3.63, 3.8) is 0 Å². The summed E-state index contributed by atoms with van der Waals surface area (Å²) in [6.45, 7) is 0. The van der Waals surface area contributed by atoms with E-state index in [2.05, 4.69) is 0 Å². The number of amides is 2. The molecule has 0 aromatic rings. The van der Waals surface area contributed by atoms with Crippen LogP contribution in [0.2, 0.25) is 0 Å². The summed E-state index contributed by atoms with van der Waals surface area (Å²) in [7, 11) is 0. The lowest BCUT2D eigenvalue weighted by Gasteiger charge is -2.22. The molecule has 1 saturated heterocycles. The molecule has 0 aromatic carbocycles. The van der Waals surface area contributed by atoms with Crippen molar-refractivity contribution in [3.8, 4) is 0 Å². The van der Waals surface area contributed by atoms with Crippen molar-refractivity contribution in [1.29, 1.82) is 0 Å². The first-order chi connectivity index (χ1) is 9.07. The molecule has 1 aliphatic carbocycles.